The van der Waals surface area contributed by atoms with Crippen LogP contribution in [-0.2, 0) is 0 Å². The summed E-state index contributed by atoms with van der Waals surface area (Å²) in [7, 11) is 1.38. The van der Waals surface area contributed by atoms with E-state index in [2.05, 4.69) is 4.99 Å². The maximum atomic E-state index is 9.81. The third-order valence-corrected chi connectivity index (χ3v) is 0.650. The van der Waals surface area contributed by atoms with E-state index >= 15 is 0 Å². The number of hydrogen-bond donors (Lipinski definition) is 0. The second kappa shape index (κ2) is 3.55. The van der Waals surface area contributed by atoms with Crippen molar-refractivity contribution in [1.29, 1.82) is 5.26 Å². The summed E-state index contributed by atoms with van der Waals surface area (Å²) in [5.41, 5.74) is 0. The lowest BCUT2D eigenvalue weighted by Crippen LogP contribution is -2.18. The first-order valence-electron chi connectivity index (χ1n) is 2.17. The summed E-state index contributed by atoms with van der Waals surface area (Å²) in [6.07, 6.45) is 0.986. The summed E-state index contributed by atoms with van der Waals surface area (Å²) in [6, 6.07) is 0.158. The fraction of sp³-hybridized carbons (Fsp3) is 0.500. The maximum absolute atomic E-state index is 9.81. The number of rotatable bonds is 2. The van der Waals surface area contributed by atoms with Crippen LogP contribution in [0.25, 0.3) is 0 Å². The predicted octanol–water partition coefficient (Wildman–Crippen LogP) is -0.144. The van der Waals surface area contributed by atoms with Crippen molar-refractivity contribution in [3.05, 3.63) is 10.1 Å². The van der Waals surface area contributed by atoms with Crippen molar-refractivity contribution >= 4 is 6.21 Å². The van der Waals surface area contributed by atoms with Crippen LogP contribution in [0.15, 0.2) is 4.99 Å². The topological polar surface area (TPSA) is 79.3 Å². The SMILES string of the molecule is CN=CC(C#N)[N+](=O)[O-]. The van der Waals surface area contributed by atoms with E-state index in [1.807, 2.05) is 0 Å². The molecule has 0 spiro atoms. The minimum Gasteiger partial charge on any atom is -0.292 e. The molecule has 0 radical (unpaired) electrons. The van der Waals surface area contributed by atoms with Crippen LogP contribution in [-0.4, -0.2) is 24.2 Å². The number of nitro groups is 1. The molecule has 0 aliphatic heterocycles. The van der Waals surface area contributed by atoms with E-state index in [0.717, 1.165) is 6.21 Å². The zero-order chi connectivity index (χ0) is 7.28. The van der Waals surface area contributed by atoms with Crippen LogP contribution in [0.5, 0.6) is 0 Å². The van der Waals surface area contributed by atoms with Crippen molar-refractivity contribution in [2.45, 2.75) is 6.04 Å². The van der Waals surface area contributed by atoms with Crippen LogP contribution in [0.3, 0.4) is 0 Å². The van der Waals surface area contributed by atoms with E-state index in [9.17, 15) is 10.1 Å². The lowest BCUT2D eigenvalue weighted by Gasteiger charge is -1.88. The van der Waals surface area contributed by atoms with Crippen LogP contribution in [0.2, 0.25) is 0 Å². The van der Waals surface area contributed by atoms with Crippen molar-refractivity contribution < 1.29 is 4.92 Å². The largest absolute Gasteiger partial charge is 0.331 e. The Morgan fingerprint density at radius 2 is 2.56 bits per heavy atom. The van der Waals surface area contributed by atoms with Crippen molar-refractivity contribution in [3.63, 3.8) is 0 Å². The Kier molecular flexibility index (Phi) is 2.98. The fourth-order valence-corrected chi connectivity index (χ4v) is 0.276. The van der Waals surface area contributed by atoms with Crippen molar-refractivity contribution in [3.8, 4) is 6.07 Å². The molecule has 1 unspecified atom stereocenters. The van der Waals surface area contributed by atoms with E-state index in [4.69, 9.17) is 5.26 Å². The molecule has 1 atom stereocenters. The van der Waals surface area contributed by atoms with Gasteiger partial charge in [-0.25, -0.2) is 0 Å². The van der Waals surface area contributed by atoms with Crippen LogP contribution in [0.1, 0.15) is 0 Å². The van der Waals surface area contributed by atoms with Crippen LogP contribution in [0.4, 0.5) is 0 Å². The molecule has 0 amide bonds. The normalized spacial score (nSPS) is 12.9. The molecule has 0 heterocycles. The molecule has 0 aliphatic rings. The summed E-state index contributed by atoms with van der Waals surface area (Å²) in [6.45, 7) is 0. The van der Waals surface area contributed by atoms with Crippen LogP contribution in [0, 0.1) is 21.4 Å². The van der Waals surface area contributed by atoms with Crippen molar-refractivity contribution in [2.75, 3.05) is 7.05 Å². The standard InChI is InChI=1S/C4H5N3O2/c1-6-3-4(2-5)7(8)9/h3-4H,1H3. The molecule has 9 heavy (non-hydrogen) atoms. The smallest absolute Gasteiger partial charge is 0.292 e. The molecular weight excluding hydrogens is 122 g/mol. The van der Waals surface area contributed by atoms with Crippen molar-refractivity contribution in [2.24, 2.45) is 4.99 Å². The molecule has 0 N–H and O–H groups in total. The molecule has 0 saturated heterocycles. The number of aliphatic imine (C=N–C) groups is 1. The number of hydrogen-bond acceptors (Lipinski definition) is 4. The summed E-state index contributed by atoms with van der Waals surface area (Å²) in [4.78, 5) is 12.4. The first-order valence-corrected chi connectivity index (χ1v) is 2.17. The second-order valence-electron chi connectivity index (χ2n) is 1.27. The molecule has 0 rings (SSSR count). The highest BCUT2D eigenvalue weighted by Gasteiger charge is 2.13. The Bertz CT molecular complexity index is 169. The Balaban J connectivity index is 4.04. The molecule has 0 saturated carbocycles. The van der Waals surface area contributed by atoms with Gasteiger partial charge in [-0.3, -0.25) is 15.1 Å². The Morgan fingerprint density at radius 3 is 2.67 bits per heavy atom. The highest BCUT2D eigenvalue weighted by Crippen LogP contribution is 1.81. The average Bonchev–Trinajstić information content (AvgIpc) is 1.82. The lowest BCUT2D eigenvalue weighted by molar-refractivity contribution is -0.486. The molecule has 0 aliphatic carbocycles. The van der Waals surface area contributed by atoms with Gasteiger partial charge in [-0.15, -0.1) is 0 Å². The Hall–Kier alpha value is -1.44. The molecular formula is C4H5N3O2. The molecule has 0 aromatic carbocycles. The highest BCUT2D eigenvalue weighted by atomic mass is 16.6. The van der Waals surface area contributed by atoms with Gasteiger partial charge < -0.3 is 0 Å². The van der Waals surface area contributed by atoms with Gasteiger partial charge in [-0.2, -0.15) is 5.26 Å². The van der Waals surface area contributed by atoms with Gasteiger partial charge >= 0.3 is 6.04 Å². The van der Waals surface area contributed by atoms with Gasteiger partial charge in [-0.05, 0) is 0 Å². The molecule has 48 valence electrons. The van der Waals surface area contributed by atoms with Gasteiger partial charge in [-0.1, -0.05) is 0 Å². The highest BCUT2D eigenvalue weighted by molar-refractivity contribution is 5.65. The fourth-order valence-electron chi connectivity index (χ4n) is 0.276. The minimum atomic E-state index is -1.30. The lowest BCUT2D eigenvalue weighted by atomic mass is 10.4. The minimum absolute atomic E-state index is 0.701. The first-order chi connectivity index (χ1) is 4.22. The zero-order valence-corrected chi connectivity index (χ0v) is 4.81. The molecule has 5 nitrogen and oxygen atoms in total. The summed E-state index contributed by atoms with van der Waals surface area (Å²) in [5, 5.41) is 17.9. The third kappa shape index (κ3) is 2.39. The van der Waals surface area contributed by atoms with E-state index < -0.39 is 11.0 Å². The van der Waals surface area contributed by atoms with Gasteiger partial charge in [0.25, 0.3) is 0 Å². The van der Waals surface area contributed by atoms with E-state index in [1.54, 1.807) is 0 Å². The Labute approximate surface area is 51.8 Å². The van der Waals surface area contributed by atoms with Crippen molar-refractivity contribution in [1.82, 2.24) is 0 Å². The van der Waals surface area contributed by atoms with Gasteiger partial charge in [0.2, 0.25) is 0 Å². The van der Waals surface area contributed by atoms with Gasteiger partial charge in [0.05, 0.1) is 6.21 Å². The van der Waals surface area contributed by atoms with E-state index in [0.29, 0.717) is 0 Å². The first kappa shape index (κ1) is 7.56. The quantitative estimate of drug-likeness (QED) is 0.294. The van der Waals surface area contributed by atoms with Gasteiger partial charge in [0.1, 0.15) is 6.07 Å². The molecule has 0 aromatic rings. The maximum Gasteiger partial charge on any atom is 0.331 e. The predicted molar refractivity (Wildman–Crippen MR) is 30.8 cm³/mol. The third-order valence-electron chi connectivity index (χ3n) is 0.650. The van der Waals surface area contributed by atoms with E-state index in [-0.39, 0.29) is 0 Å². The molecule has 0 bridgehead atoms. The molecule has 0 aromatic heterocycles. The molecule has 0 fully saturated rings. The molecule has 5 heteroatoms. The van der Waals surface area contributed by atoms with Gasteiger partial charge in [0, 0.05) is 12.0 Å². The zero-order valence-electron chi connectivity index (χ0n) is 4.81. The van der Waals surface area contributed by atoms with Crippen LogP contribution < -0.4 is 0 Å². The Morgan fingerprint density at radius 1 is 2.00 bits per heavy atom. The summed E-state index contributed by atoms with van der Waals surface area (Å²) >= 11 is 0. The summed E-state index contributed by atoms with van der Waals surface area (Å²) in [5.74, 6) is 0. The van der Waals surface area contributed by atoms with Crippen LogP contribution >= 0.6 is 0 Å². The number of nitrogens with zero attached hydrogens (tertiary/aromatic N) is 3. The van der Waals surface area contributed by atoms with E-state index in [1.165, 1.54) is 13.1 Å². The monoisotopic (exact) mass is 127 g/mol. The number of nitriles is 1. The second-order valence-corrected chi connectivity index (χ2v) is 1.27. The average molecular weight is 127 g/mol. The van der Waals surface area contributed by atoms with Gasteiger partial charge in [0.15, 0.2) is 0 Å². The summed E-state index contributed by atoms with van der Waals surface area (Å²) < 4.78 is 0.